The SMILES string of the molecule is Cn1cc(C(=O)Nc2cccc([N+](=O)[O-])c2)c2[nH]c(=O)n(Cc3ccccc3)c(=O)c21. The summed E-state index contributed by atoms with van der Waals surface area (Å²) in [6, 6.07) is 14.5. The summed E-state index contributed by atoms with van der Waals surface area (Å²) in [4.78, 5) is 51.4. The average Bonchev–Trinajstić information content (AvgIpc) is 3.08. The summed E-state index contributed by atoms with van der Waals surface area (Å²) in [5.41, 5.74) is 0.00202. The van der Waals surface area contributed by atoms with Crippen LogP contribution in [0.4, 0.5) is 11.4 Å². The molecule has 2 heterocycles. The van der Waals surface area contributed by atoms with Crippen LogP contribution in [0.3, 0.4) is 0 Å². The number of non-ortho nitro benzene ring substituents is 1. The van der Waals surface area contributed by atoms with Gasteiger partial charge in [0.05, 0.1) is 22.5 Å². The number of nitro benzene ring substituents is 1. The van der Waals surface area contributed by atoms with Gasteiger partial charge in [-0.2, -0.15) is 0 Å². The molecule has 0 aliphatic rings. The highest BCUT2D eigenvalue weighted by Gasteiger charge is 2.20. The quantitative estimate of drug-likeness (QED) is 0.378. The van der Waals surface area contributed by atoms with Gasteiger partial charge >= 0.3 is 5.69 Å². The van der Waals surface area contributed by atoms with Gasteiger partial charge in [0.25, 0.3) is 17.2 Å². The third-order valence-corrected chi connectivity index (χ3v) is 4.85. The average molecular weight is 419 g/mol. The number of fused-ring (bicyclic) bond motifs is 1. The predicted molar refractivity (Wildman–Crippen MR) is 114 cm³/mol. The molecule has 2 aromatic carbocycles. The van der Waals surface area contributed by atoms with E-state index in [1.54, 1.807) is 19.2 Å². The van der Waals surface area contributed by atoms with E-state index in [9.17, 15) is 24.5 Å². The van der Waals surface area contributed by atoms with Crippen LogP contribution in [-0.4, -0.2) is 24.9 Å². The third kappa shape index (κ3) is 3.73. The van der Waals surface area contributed by atoms with Gasteiger partial charge < -0.3 is 14.9 Å². The van der Waals surface area contributed by atoms with E-state index < -0.39 is 22.1 Å². The number of aryl methyl sites for hydroxylation is 1. The summed E-state index contributed by atoms with van der Waals surface area (Å²) in [5, 5.41) is 13.5. The lowest BCUT2D eigenvalue weighted by atomic mass is 10.2. The van der Waals surface area contributed by atoms with Gasteiger partial charge in [0.1, 0.15) is 5.52 Å². The maximum Gasteiger partial charge on any atom is 0.329 e. The van der Waals surface area contributed by atoms with E-state index in [1.807, 2.05) is 18.2 Å². The molecule has 4 aromatic rings. The highest BCUT2D eigenvalue weighted by Crippen LogP contribution is 2.20. The molecule has 0 saturated heterocycles. The van der Waals surface area contributed by atoms with Crippen molar-refractivity contribution in [3.05, 3.63) is 103 Å². The predicted octanol–water partition coefficient (Wildman–Crippen LogP) is 2.24. The Morgan fingerprint density at radius 3 is 2.58 bits per heavy atom. The molecule has 4 rings (SSSR count). The number of benzene rings is 2. The van der Waals surface area contributed by atoms with Crippen LogP contribution < -0.4 is 16.6 Å². The molecule has 0 spiro atoms. The zero-order valence-corrected chi connectivity index (χ0v) is 16.4. The fourth-order valence-corrected chi connectivity index (χ4v) is 3.38. The topological polar surface area (TPSA) is 132 Å². The van der Waals surface area contributed by atoms with Crippen molar-refractivity contribution in [3.8, 4) is 0 Å². The fourth-order valence-electron chi connectivity index (χ4n) is 3.38. The first kappa shape index (κ1) is 19.8. The molecule has 10 nitrogen and oxygen atoms in total. The van der Waals surface area contributed by atoms with Crippen molar-refractivity contribution in [3.63, 3.8) is 0 Å². The smallest absolute Gasteiger partial charge is 0.329 e. The van der Waals surface area contributed by atoms with Gasteiger partial charge in [0.15, 0.2) is 0 Å². The number of H-pyrrole nitrogens is 1. The molecule has 2 N–H and O–H groups in total. The van der Waals surface area contributed by atoms with Gasteiger partial charge in [0, 0.05) is 31.1 Å². The second-order valence-corrected chi connectivity index (χ2v) is 6.95. The minimum absolute atomic E-state index is 0.0741. The Kier molecular flexibility index (Phi) is 4.96. The Morgan fingerprint density at radius 1 is 1.13 bits per heavy atom. The second kappa shape index (κ2) is 7.75. The summed E-state index contributed by atoms with van der Waals surface area (Å²) in [7, 11) is 1.60. The molecule has 0 fully saturated rings. The van der Waals surface area contributed by atoms with Crippen LogP contribution in [0.1, 0.15) is 15.9 Å². The number of aromatic amines is 1. The zero-order valence-electron chi connectivity index (χ0n) is 16.4. The monoisotopic (exact) mass is 419 g/mol. The van der Waals surface area contributed by atoms with E-state index in [1.165, 1.54) is 35.0 Å². The highest BCUT2D eigenvalue weighted by atomic mass is 16.6. The molecule has 2 aromatic heterocycles. The third-order valence-electron chi connectivity index (χ3n) is 4.85. The summed E-state index contributed by atoms with van der Waals surface area (Å²) in [6.07, 6.45) is 1.43. The number of carbonyl (C=O) groups excluding carboxylic acids is 1. The van der Waals surface area contributed by atoms with Crippen molar-refractivity contribution in [1.82, 2.24) is 14.1 Å². The Hall–Kier alpha value is -4.47. The van der Waals surface area contributed by atoms with Gasteiger partial charge in [-0.1, -0.05) is 36.4 Å². The van der Waals surface area contributed by atoms with Gasteiger partial charge in [-0.05, 0) is 11.6 Å². The van der Waals surface area contributed by atoms with E-state index in [0.717, 1.165) is 10.1 Å². The molecule has 0 atom stereocenters. The lowest BCUT2D eigenvalue weighted by molar-refractivity contribution is -0.384. The molecule has 0 aliphatic heterocycles. The zero-order chi connectivity index (χ0) is 22.1. The van der Waals surface area contributed by atoms with E-state index in [0.29, 0.717) is 0 Å². The van der Waals surface area contributed by atoms with Crippen molar-refractivity contribution in [2.75, 3.05) is 5.32 Å². The molecule has 31 heavy (non-hydrogen) atoms. The highest BCUT2D eigenvalue weighted by molar-refractivity contribution is 6.11. The molecule has 156 valence electrons. The number of hydrogen-bond acceptors (Lipinski definition) is 5. The van der Waals surface area contributed by atoms with Crippen molar-refractivity contribution >= 4 is 28.3 Å². The number of nitrogens with zero attached hydrogens (tertiary/aromatic N) is 3. The summed E-state index contributed by atoms with van der Waals surface area (Å²) in [6.45, 7) is 0.0886. The molecule has 0 radical (unpaired) electrons. The summed E-state index contributed by atoms with van der Waals surface area (Å²) >= 11 is 0. The van der Waals surface area contributed by atoms with Crippen LogP contribution in [0.15, 0.2) is 70.4 Å². The molecular formula is C21H17N5O5. The van der Waals surface area contributed by atoms with E-state index >= 15 is 0 Å². The summed E-state index contributed by atoms with van der Waals surface area (Å²) < 4.78 is 2.54. The van der Waals surface area contributed by atoms with Crippen molar-refractivity contribution in [2.24, 2.45) is 7.05 Å². The van der Waals surface area contributed by atoms with Crippen LogP contribution in [0.5, 0.6) is 0 Å². The van der Waals surface area contributed by atoms with Gasteiger partial charge in [-0.3, -0.25) is 24.3 Å². The number of aromatic nitrogens is 3. The van der Waals surface area contributed by atoms with Crippen LogP contribution in [0, 0.1) is 10.1 Å². The maximum atomic E-state index is 13.0. The normalized spacial score (nSPS) is 10.9. The Morgan fingerprint density at radius 2 is 1.87 bits per heavy atom. The number of nitro groups is 1. The van der Waals surface area contributed by atoms with E-state index in [-0.39, 0.29) is 34.5 Å². The number of hydrogen-bond donors (Lipinski definition) is 2. The largest absolute Gasteiger partial charge is 0.344 e. The molecule has 1 amide bonds. The molecule has 0 bridgehead atoms. The molecule has 0 saturated carbocycles. The maximum absolute atomic E-state index is 13.0. The summed E-state index contributed by atoms with van der Waals surface area (Å²) in [5.74, 6) is -0.609. The molecular weight excluding hydrogens is 402 g/mol. The standard InChI is InChI=1S/C21H17N5O5/c1-24-12-16(19(27)22-14-8-5-9-15(10-14)26(30)31)17-18(24)20(28)25(21(29)23-17)11-13-6-3-2-4-7-13/h2-10,12H,11H2,1H3,(H,22,27)(H,23,29). The van der Waals surface area contributed by atoms with Crippen molar-refractivity contribution in [1.29, 1.82) is 0 Å². The van der Waals surface area contributed by atoms with Crippen molar-refractivity contribution in [2.45, 2.75) is 6.54 Å². The lowest BCUT2D eigenvalue weighted by Crippen LogP contribution is -2.36. The lowest BCUT2D eigenvalue weighted by Gasteiger charge is -2.07. The minimum atomic E-state index is -0.642. The number of carbonyl (C=O) groups is 1. The second-order valence-electron chi connectivity index (χ2n) is 6.95. The molecule has 0 aliphatic carbocycles. The minimum Gasteiger partial charge on any atom is -0.344 e. The molecule has 0 unspecified atom stereocenters. The Balaban J connectivity index is 1.74. The van der Waals surface area contributed by atoms with Crippen LogP contribution >= 0.6 is 0 Å². The van der Waals surface area contributed by atoms with E-state index in [2.05, 4.69) is 10.3 Å². The van der Waals surface area contributed by atoms with E-state index in [4.69, 9.17) is 0 Å². The first-order valence-electron chi connectivity index (χ1n) is 9.27. The first-order valence-corrected chi connectivity index (χ1v) is 9.27. The number of amides is 1. The van der Waals surface area contributed by atoms with Crippen LogP contribution in [0.25, 0.3) is 11.0 Å². The van der Waals surface area contributed by atoms with Gasteiger partial charge in [-0.25, -0.2) is 4.79 Å². The Bertz CT molecular complexity index is 1430. The van der Waals surface area contributed by atoms with Gasteiger partial charge in [0.2, 0.25) is 0 Å². The number of rotatable bonds is 5. The fraction of sp³-hybridized carbons (Fsp3) is 0.0952. The van der Waals surface area contributed by atoms with Crippen molar-refractivity contribution < 1.29 is 9.72 Å². The van der Waals surface area contributed by atoms with Gasteiger partial charge in [-0.15, -0.1) is 0 Å². The van der Waals surface area contributed by atoms with Crippen LogP contribution in [-0.2, 0) is 13.6 Å². The number of nitrogens with one attached hydrogen (secondary N) is 2. The molecule has 10 heteroatoms. The first-order chi connectivity index (χ1) is 14.8. The number of anilines is 1. The van der Waals surface area contributed by atoms with Crippen LogP contribution in [0.2, 0.25) is 0 Å². The Labute approximate surface area is 174 Å².